The maximum Gasteiger partial charge on any atom is 0.317 e. The molecule has 1 fully saturated rings. The van der Waals surface area contributed by atoms with Crippen molar-refractivity contribution in [3.63, 3.8) is 0 Å². The normalized spacial score (nSPS) is 16.0. The Morgan fingerprint density at radius 1 is 1.29 bits per heavy atom. The van der Waals surface area contributed by atoms with E-state index in [2.05, 4.69) is 19.9 Å². The number of likely N-dealkylation sites (N-methyl/N-ethyl adjacent to an activating group) is 1. The zero-order valence-corrected chi connectivity index (χ0v) is 14.9. The second-order valence-electron chi connectivity index (χ2n) is 6.76. The predicted molar refractivity (Wildman–Crippen MR) is 94.3 cm³/mol. The first kappa shape index (κ1) is 18.5. The zero-order chi connectivity index (χ0) is 17.7. The number of piperidine rings is 1. The van der Waals surface area contributed by atoms with Crippen LogP contribution < -0.4 is 0 Å². The topological polar surface area (TPSA) is 60.9 Å². The van der Waals surface area contributed by atoms with E-state index in [0.717, 1.165) is 24.9 Å². The standard InChI is InChI=1S/C19H28N2O3/c1-4-20(13-18(22)23)17-8-10-21(11-9-17)19(24)16-7-5-6-15(12-16)14(2)3/h5-7,12,14,17H,4,8-11,13H2,1-3H3,(H,22,23). The fourth-order valence-electron chi connectivity index (χ4n) is 3.32. The summed E-state index contributed by atoms with van der Waals surface area (Å²) in [6.45, 7) is 8.40. The molecule has 5 heteroatoms. The second kappa shape index (κ2) is 8.29. The summed E-state index contributed by atoms with van der Waals surface area (Å²) in [4.78, 5) is 27.5. The van der Waals surface area contributed by atoms with Crippen LogP contribution in [0, 0.1) is 0 Å². The molecule has 132 valence electrons. The van der Waals surface area contributed by atoms with Gasteiger partial charge in [0.2, 0.25) is 0 Å². The Morgan fingerprint density at radius 2 is 1.96 bits per heavy atom. The average molecular weight is 332 g/mol. The molecule has 1 heterocycles. The summed E-state index contributed by atoms with van der Waals surface area (Å²) < 4.78 is 0. The predicted octanol–water partition coefficient (Wildman–Crippen LogP) is 2.82. The van der Waals surface area contributed by atoms with Gasteiger partial charge in [-0.05, 0) is 43.0 Å². The minimum Gasteiger partial charge on any atom is -0.480 e. The van der Waals surface area contributed by atoms with E-state index in [1.54, 1.807) is 0 Å². The molecule has 1 aromatic carbocycles. The lowest BCUT2D eigenvalue weighted by molar-refractivity contribution is -0.139. The molecule has 1 saturated heterocycles. The Hall–Kier alpha value is -1.88. The van der Waals surface area contributed by atoms with Crippen LogP contribution in [0.25, 0.3) is 0 Å². The maximum atomic E-state index is 12.7. The van der Waals surface area contributed by atoms with E-state index >= 15 is 0 Å². The highest BCUT2D eigenvalue weighted by Gasteiger charge is 2.27. The van der Waals surface area contributed by atoms with Gasteiger partial charge in [-0.15, -0.1) is 0 Å². The maximum absolute atomic E-state index is 12.7. The van der Waals surface area contributed by atoms with E-state index < -0.39 is 5.97 Å². The van der Waals surface area contributed by atoms with Crippen LogP contribution in [0.4, 0.5) is 0 Å². The molecule has 0 aliphatic carbocycles. The van der Waals surface area contributed by atoms with Gasteiger partial charge in [-0.2, -0.15) is 0 Å². The molecule has 0 aromatic heterocycles. The number of benzene rings is 1. The van der Waals surface area contributed by atoms with Crippen molar-refractivity contribution in [3.05, 3.63) is 35.4 Å². The Bertz CT molecular complexity index is 578. The lowest BCUT2D eigenvalue weighted by atomic mass is 9.99. The first-order valence-corrected chi connectivity index (χ1v) is 8.77. The van der Waals surface area contributed by atoms with Gasteiger partial charge >= 0.3 is 5.97 Å². The van der Waals surface area contributed by atoms with E-state index in [9.17, 15) is 9.59 Å². The van der Waals surface area contributed by atoms with Gasteiger partial charge in [-0.1, -0.05) is 32.9 Å². The largest absolute Gasteiger partial charge is 0.480 e. The molecule has 1 aliphatic rings. The molecule has 0 atom stereocenters. The number of carbonyl (C=O) groups excluding carboxylic acids is 1. The van der Waals surface area contributed by atoms with E-state index in [1.807, 2.05) is 34.9 Å². The molecule has 0 bridgehead atoms. The van der Waals surface area contributed by atoms with Crippen molar-refractivity contribution in [3.8, 4) is 0 Å². The van der Waals surface area contributed by atoms with Crippen LogP contribution in [0.15, 0.2) is 24.3 Å². The number of carbonyl (C=O) groups is 2. The monoisotopic (exact) mass is 332 g/mol. The third kappa shape index (κ3) is 4.57. The van der Waals surface area contributed by atoms with Gasteiger partial charge in [-0.3, -0.25) is 14.5 Å². The second-order valence-corrected chi connectivity index (χ2v) is 6.76. The number of amides is 1. The van der Waals surface area contributed by atoms with E-state index in [4.69, 9.17) is 5.11 Å². The lowest BCUT2D eigenvalue weighted by Crippen LogP contribution is -2.48. The molecule has 1 amide bonds. The number of hydrogen-bond acceptors (Lipinski definition) is 3. The van der Waals surface area contributed by atoms with Crippen molar-refractivity contribution in [2.45, 2.75) is 45.6 Å². The molecule has 5 nitrogen and oxygen atoms in total. The molecule has 1 aliphatic heterocycles. The molecule has 0 radical (unpaired) electrons. The molecular weight excluding hydrogens is 304 g/mol. The van der Waals surface area contributed by atoms with Crippen molar-refractivity contribution in [1.82, 2.24) is 9.80 Å². The van der Waals surface area contributed by atoms with Gasteiger partial charge in [0.25, 0.3) is 5.91 Å². The molecule has 0 unspecified atom stereocenters. The van der Waals surface area contributed by atoms with Crippen molar-refractivity contribution >= 4 is 11.9 Å². The number of nitrogens with zero attached hydrogens (tertiary/aromatic N) is 2. The Morgan fingerprint density at radius 3 is 2.50 bits per heavy atom. The smallest absolute Gasteiger partial charge is 0.317 e. The summed E-state index contributed by atoms with van der Waals surface area (Å²) in [5.74, 6) is -0.310. The number of rotatable bonds is 6. The number of carboxylic acid groups (broad SMARTS) is 1. The van der Waals surface area contributed by atoms with Gasteiger partial charge < -0.3 is 10.0 Å². The summed E-state index contributed by atoms with van der Waals surface area (Å²) >= 11 is 0. The average Bonchev–Trinajstić information content (AvgIpc) is 2.59. The fourth-order valence-corrected chi connectivity index (χ4v) is 3.32. The minimum absolute atomic E-state index is 0.0749. The van der Waals surface area contributed by atoms with E-state index in [-0.39, 0.29) is 18.5 Å². The molecule has 2 rings (SSSR count). The lowest BCUT2D eigenvalue weighted by Gasteiger charge is -2.37. The van der Waals surface area contributed by atoms with Crippen molar-refractivity contribution in [2.24, 2.45) is 0 Å². The molecule has 0 spiro atoms. The third-order valence-corrected chi connectivity index (χ3v) is 4.81. The van der Waals surface area contributed by atoms with Gasteiger partial charge in [0.15, 0.2) is 0 Å². The Kier molecular flexibility index (Phi) is 6.37. The van der Waals surface area contributed by atoms with Crippen LogP contribution in [-0.2, 0) is 4.79 Å². The molecular formula is C19H28N2O3. The van der Waals surface area contributed by atoms with Crippen molar-refractivity contribution in [1.29, 1.82) is 0 Å². The molecule has 24 heavy (non-hydrogen) atoms. The van der Waals surface area contributed by atoms with Crippen LogP contribution in [-0.4, -0.2) is 59.0 Å². The number of aliphatic carboxylic acids is 1. The quantitative estimate of drug-likeness (QED) is 0.870. The van der Waals surface area contributed by atoms with Crippen LogP contribution in [0.5, 0.6) is 0 Å². The summed E-state index contributed by atoms with van der Waals surface area (Å²) in [5.41, 5.74) is 1.92. The van der Waals surface area contributed by atoms with Gasteiger partial charge in [0.1, 0.15) is 0 Å². The highest BCUT2D eigenvalue weighted by Crippen LogP contribution is 2.20. The third-order valence-electron chi connectivity index (χ3n) is 4.81. The summed E-state index contributed by atoms with van der Waals surface area (Å²) in [5, 5.41) is 9.00. The molecule has 1 aromatic rings. The SMILES string of the molecule is CCN(CC(=O)O)C1CCN(C(=O)c2cccc(C(C)C)c2)CC1. The first-order valence-electron chi connectivity index (χ1n) is 8.77. The summed E-state index contributed by atoms with van der Waals surface area (Å²) in [7, 11) is 0. The Balaban J connectivity index is 1.97. The van der Waals surface area contributed by atoms with Crippen molar-refractivity contribution in [2.75, 3.05) is 26.2 Å². The van der Waals surface area contributed by atoms with E-state index in [1.165, 1.54) is 5.56 Å². The highest BCUT2D eigenvalue weighted by atomic mass is 16.4. The Labute approximate surface area is 144 Å². The van der Waals surface area contributed by atoms with Crippen LogP contribution in [0.2, 0.25) is 0 Å². The number of hydrogen-bond donors (Lipinski definition) is 1. The fraction of sp³-hybridized carbons (Fsp3) is 0.579. The summed E-state index contributed by atoms with van der Waals surface area (Å²) in [6.07, 6.45) is 1.66. The van der Waals surface area contributed by atoms with E-state index in [0.29, 0.717) is 19.0 Å². The van der Waals surface area contributed by atoms with Crippen LogP contribution in [0.3, 0.4) is 0 Å². The number of carboxylic acids is 1. The van der Waals surface area contributed by atoms with Gasteiger partial charge in [0, 0.05) is 24.7 Å². The van der Waals surface area contributed by atoms with Crippen molar-refractivity contribution < 1.29 is 14.7 Å². The first-order chi connectivity index (χ1) is 11.4. The van der Waals surface area contributed by atoms with Crippen LogP contribution >= 0.6 is 0 Å². The highest BCUT2D eigenvalue weighted by molar-refractivity contribution is 5.94. The molecule has 1 N–H and O–H groups in total. The molecule has 0 saturated carbocycles. The number of likely N-dealkylation sites (tertiary alicyclic amines) is 1. The minimum atomic E-state index is -0.791. The van der Waals surface area contributed by atoms with Gasteiger partial charge in [0.05, 0.1) is 6.54 Å². The summed E-state index contributed by atoms with van der Waals surface area (Å²) in [6, 6.07) is 8.11. The van der Waals surface area contributed by atoms with Gasteiger partial charge in [-0.25, -0.2) is 0 Å². The zero-order valence-electron chi connectivity index (χ0n) is 14.9. The van der Waals surface area contributed by atoms with Crippen LogP contribution in [0.1, 0.15) is 55.5 Å².